The van der Waals surface area contributed by atoms with Crippen molar-refractivity contribution in [3.63, 3.8) is 0 Å². The highest BCUT2D eigenvalue weighted by atomic mass is 16.5. The van der Waals surface area contributed by atoms with Crippen LogP contribution in [0.25, 0.3) is 0 Å². The van der Waals surface area contributed by atoms with E-state index >= 15 is 0 Å². The van der Waals surface area contributed by atoms with Crippen LogP contribution in [-0.4, -0.2) is 34.0 Å². The number of nitrogens with one attached hydrogen (secondary N) is 4. The zero-order chi connectivity index (χ0) is 27.2. The molecule has 9 nitrogen and oxygen atoms in total. The van der Waals surface area contributed by atoms with Crippen molar-refractivity contribution in [2.75, 3.05) is 28.4 Å². The van der Waals surface area contributed by atoms with Crippen molar-refractivity contribution >= 4 is 40.8 Å². The zero-order valence-corrected chi connectivity index (χ0v) is 22.5. The van der Waals surface area contributed by atoms with Gasteiger partial charge in [-0.3, -0.25) is 4.79 Å². The number of hydrogen-bond donors (Lipinski definition) is 4. The van der Waals surface area contributed by atoms with E-state index in [0.29, 0.717) is 23.3 Å². The Bertz CT molecular complexity index is 1380. The van der Waals surface area contributed by atoms with Crippen LogP contribution in [0.15, 0.2) is 60.7 Å². The van der Waals surface area contributed by atoms with E-state index < -0.39 is 6.04 Å². The van der Waals surface area contributed by atoms with Crippen molar-refractivity contribution < 1.29 is 9.53 Å². The number of benzene rings is 3. The maximum atomic E-state index is 12.9. The summed E-state index contributed by atoms with van der Waals surface area (Å²) in [6.45, 7) is 9.88. The maximum Gasteiger partial charge on any atom is 0.246 e. The maximum absolute atomic E-state index is 12.9. The highest BCUT2D eigenvalue weighted by Crippen LogP contribution is 2.24. The van der Waals surface area contributed by atoms with Gasteiger partial charge in [0.15, 0.2) is 0 Å². The van der Waals surface area contributed by atoms with Crippen LogP contribution < -0.4 is 26.0 Å². The minimum Gasteiger partial charge on any atom is -0.497 e. The highest BCUT2D eigenvalue weighted by Gasteiger charge is 2.17. The summed E-state index contributed by atoms with van der Waals surface area (Å²) in [5, 5.41) is 12.6. The Kier molecular flexibility index (Phi) is 8.06. The summed E-state index contributed by atoms with van der Waals surface area (Å²) in [6.07, 6.45) is 0. The minimum atomic E-state index is -0.633. The summed E-state index contributed by atoms with van der Waals surface area (Å²) in [5.74, 6) is 1.37. The fraction of sp³-hybridized carbons (Fsp3) is 0.241. The largest absolute Gasteiger partial charge is 0.497 e. The Labute approximate surface area is 223 Å². The number of carbonyl (C=O) groups is 1. The van der Waals surface area contributed by atoms with E-state index in [1.807, 2.05) is 64.1 Å². The summed E-state index contributed by atoms with van der Waals surface area (Å²) < 4.78 is 5.24. The van der Waals surface area contributed by atoms with E-state index in [4.69, 9.17) is 4.74 Å². The van der Waals surface area contributed by atoms with Gasteiger partial charge in [0.2, 0.25) is 23.8 Å². The van der Waals surface area contributed by atoms with E-state index in [1.165, 1.54) is 11.1 Å². The Morgan fingerprint density at radius 3 is 1.84 bits per heavy atom. The second kappa shape index (κ2) is 11.6. The molecule has 38 heavy (non-hydrogen) atoms. The summed E-state index contributed by atoms with van der Waals surface area (Å²) in [6, 6.07) is 18.7. The first-order valence-electron chi connectivity index (χ1n) is 12.4. The van der Waals surface area contributed by atoms with Crippen LogP contribution in [0.1, 0.15) is 29.2 Å². The van der Waals surface area contributed by atoms with Crippen LogP contribution in [0.5, 0.6) is 5.75 Å². The molecule has 0 aliphatic heterocycles. The Hall–Kier alpha value is -4.66. The molecule has 1 heterocycles. The van der Waals surface area contributed by atoms with Gasteiger partial charge in [-0.1, -0.05) is 41.5 Å². The topological polar surface area (TPSA) is 113 Å². The van der Waals surface area contributed by atoms with Gasteiger partial charge in [0.25, 0.3) is 0 Å². The number of rotatable bonds is 9. The second-order valence-electron chi connectivity index (χ2n) is 9.28. The lowest BCUT2D eigenvalue weighted by molar-refractivity contribution is -0.116. The lowest BCUT2D eigenvalue weighted by Gasteiger charge is -2.17. The van der Waals surface area contributed by atoms with Gasteiger partial charge >= 0.3 is 0 Å². The monoisotopic (exact) mass is 511 g/mol. The normalized spacial score (nSPS) is 11.4. The molecular weight excluding hydrogens is 478 g/mol. The number of methoxy groups -OCH3 is 1. The van der Waals surface area contributed by atoms with Crippen molar-refractivity contribution in [3.8, 4) is 5.75 Å². The number of ether oxygens (including phenoxy) is 1. The van der Waals surface area contributed by atoms with Crippen LogP contribution in [0, 0.1) is 27.7 Å². The first kappa shape index (κ1) is 26.4. The number of aromatic nitrogens is 3. The average molecular weight is 512 g/mol. The molecule has 0 saturated heterocycles. The predicted octanol–water partition coefficient (Wildman–Crippen LogP) is 6.04. The third-order valence-electron chi connectivity index (χ3n) is 5.97. The van der Waals surface area contributed by atoms with Crippen LogP contribution >= 0.6 is 0 Å². The van der Waals surface area contributed by atoms with Gasteiger partial charge in [-0.2, -0.15) is 15.0 Å². The van der Waals surface area contributed by atoms with Gasteiger partial charge in [-0.25, -0.2) is 0 Å². The molecule has 196 valence electrons. The lowest BCUT2D eigenvalue weighted by atomic mass is 10.1. The zero-order valence-electron chi connectivity index (χ0n) is 22.5. The number of carbonyl (C=O) groups excluding carboxylic acids is 1. The third-order valence-corrected chi connectivity index (χ3v) is 5.97. The average Bonchev–Trinajstić information content (AvgIpc) is 2.87. The van der Waals surface area contributed by atoms with Gasteiger partial charge in [-0.15, -0.1) is 0 Å². The molecule has 1 atom stereocenters. The molecule has 0 fully saturated rings. The SMILES string of the molecule is COc1cccc(NC(=O)C(C)Nc2nc(Nc3ccc(C)cc3C)nc(Nc3ccc(C)cc3C)n2)c1. The molecule has 0 aliphatic rings. The number of amides is 1. The molecule has 0 aliphatic carbocycles. The summed E-state index contributed by atoms with van der Waals surface area (Å²) in [4.78, 5) is 26.6. The van der Waals surface area contributed by atoms with E-state index in [2.05, 4.69) is 48.4 Å². The fourth-order valence-electron chi connectivity index (χ4n) is 3.91. The quantitative estimate of drug-likeness (QED) is 0.215. The molecule has 1 amide bonds. The van der Waals surface area contributed by atoms with E-state index in [1.54, 1.807) is 26.2 Å². The van der Waals surface area contributed by atoms with Crippen molar-refractivity contribution in [1.29, 1.82) is 0 Å². The molecule has 0 spiro atoms. The van der Waals surface area contributed by atoms with Crippen molar-refractivity contribution in [3.05, 3.63) is 82.9 Å². The first-order valence-corrected chi connectivity index (χ1v) is 12.4. The molecular formula is C29H33N7O2. The van der Waals surface area contributed by atoms with Crippen LogP contribution in [0.4, 0.5) is 34.9 Å². The summed E-state index contributed by atoms with van der Waals surface area (Å²) >= 11 is 0. The van der Waals surface area contributed by atoms with Gasteiger partial charge in [0.05, 0.1) is 7.11 Å². The van der Waals surface area contributed by atoms with Crippen molar-refractivity contribution in [1.82, 2.24) is 15.0 Å². The first-order chi connectivity index (χ1) is 18.2. The fourth-order valence-corrected chi connectivity index (χ4v) is 3.91. The molecule has 3 aromatic carbocycles. The lowest BCUT2D eigenvalue weighted by Crippen LogP contribution is -2.32. The second-order valence-corrected chi connectivity index (χ2v) is 9.28. The molecule has 0 radical (unpaired) electrons. The van der Waals surface area contributed by atoms with Gasteiger partial charge in [-0.05, 0) is 70.0 Å². The van der Waals surface area contributed by atoms with Gasteiger partial charge in [0.1, 0.15) is 11.8 Å². The molecule has 4 rings (SSSR count). The van der Waals surface area contributed by atoms with Crippen LogP contribution in [0.3, 0.4) is 0 Å². The Morgan fingerprint density at radius 2 is 1.32 bits per heavy atom. The highest BCUT2D eigenvalue weighted by molar-refractivity contribution is 5.96. The molecule has 1 aromatic heterocycles. The molecule has 1 unspecified atom stereocenters. The van der Waals surface area contributed by atoms with Gasteiger partial charge < -0.3 is 26.0 Å². The smallest absolute Gasteiger partial charge is 0.246 e. The van der Waals surface area contributed by atoms with Gasteiger partial charge in [0, 0.05) is 23.1 Å². The van der Waals surface area contributed by atoms with Crippen molar-refractivity contribution in [2.45, 2.75) is 40.7 Å². The number of nitrogens with zero attached hydrogens (tertiary/aromatic N) is 3. The predicted molar refractivity (Wildman–Crippen MR) is 153 cm³/mol. The van der Waals surface area contributed by atoms with Crippen LogP contribution in [0.2, 0.25) is 0 Å². The molecule has 0 bridgehead atoms. The van der Waals surface area contributed by atoms with E-state index in [-0.39, 0.29) is 11.9 Å². The number of hydrogen-bond acceptors (Lipinski definition) is 8. The summed E-state index contributed by atoms with van der Waals surface area (Å²) in [7, 11) is 1.58. The Morgan fingerprint density at radius 1 is 0.763 bits per heavy atom. The third kappa shape index (κ3) is 6.76. The van der Waals surface area contributed by atoms with Crippen molar-refractivity contribution in [2.24, 2.45) is 0 Å². The standard InChI is InChI=1S/C29H33N7O2/c1-17-10-12-24(19(3)14-17)32-28-34-27(35-29(36-28)33-25-13-11-18(2)15-20(25)4)30-21(5)26(37)31-22-8-7-9-23(16-22)38-6/h7-16,21H,1-6H3,(H,31,37)(H3,30,32,33,34,35,36). The number of anilines is 6. The molecule has 9 heteroatoms. The summed E-state index contributed by atoms with van der Waals surface area (Å²) in [5.41, 5.74) is 6.86. The minimum absolute atomic E-state index is 0.244. The molecule has 0 saturated carbocycles. The number of aryl methyl sites for hydroxylation is 4. The van der Waals surface area contributed by atoms with E-state index in [9.17, 15) is 4.79 Å². The van der Waals surface area contributed by atoms with E-state index in [0.717, 1.165) is 22.5 Å². The Balaban J connectivity index is 1.59. The molecule has 4 N–H and O–H groups in total. The molecule has 4 aromatic rings. The van der Waals surface area contributed by atoms with Crippen LogP contribution in [-0.2, 0) is 4.79 Å².